The topological polar surface area (TPSA) is 106 Å². The Kier molecular flexibility index (Phi) is 4.07. The molecule has 0 radical (unpaired) electrons. The van der Waals surface area contributed by atoms with Gasteiger partial charge in [-0.3, -0.25) is 10.6 Å². The zero-order valence-electron chi connectivity index (χ0n) is 10.7. The van der Waals surface area contributed by atoms with E-state index >= 15 is 0 Å². The Morgan fingerprint density at radius 2 is 1.05 bits per heavy atom. The Balaban J connectivity index is 2.33. The Morgan fingerprint density at radius 1 is 0.714 bits per heavy atom. The quantitative estimate of drug-likeness (QED) is 0.662. The van der Waals surface area contributed by atoms with Crippen LogP contribution in [-0.2, 0) is 9.84 Å². The summed E-state index contributed by atoms with van der Waals surface area (Å²) in [5.74, 6) is 0. The molecule has 0 aliphatic rings. The fourth-order valence-electron chi connectivity index (χ4n) is 1.70. The summed E-state index contributed by atoms with van der Waals surface area (Å²) >= 11 is 0. The van der Waals surface area contributed by atoms with Crippen LogP contribution in [0.2, 0.25) is 0 Å². The molecule has 7 heteroatoms. The minimum absolute atomic E-state index is 0.131. The number of nitrogens with one attached hydrogen (secondary N) is 2. The van der Waals surface area contributed by atoms with Crippen LogP contribution in [0.15, 0.2) is 58.3 Å². The summed E-state index contributed by atoms with van der Waals surface area (Å²) in [4.78, 5) is 0.263. The predicted octanol–water partition coefficient (Wildman–Crippen LogP) is 2.31. The fraction of sp³-hybridized carbons (Fsp3) is 0. The fourth-order valence-corrected chi connectivity index (χ4v) is 2.96. The van der Waals surface area contributed by atoms with E-state index < -0.39 is 9.84 Å². The first-order valence-corrected chi connectivity index (χ1v) is 7.31. The van der Waals surface area contributed by atoms with Crippen molar-refractivity contribution < 1.29 is 8.42 Å². The lowest BCUT2D eigenvalue weighted by Crippen LogP contribution is -2.02. The van der Waals surface area contributed by atoms with Crippen LogP contribution in [0.4, 0.5) is 11.4 Å². The number of nitriles is 2. The lowest BCUT2D eigenvalue weighted by atomic mass is 10.3. The molecule has 0 bridgehead atoms. The second kappa shape index (κ2) is 5.95. The Hall–Kier alpha value is -3.03. The van der Waals surface area contributed by atoms with Gasteiger partial charge >= 0.3 is 0 Å². The normalized spacial score (nSPS) is 10.2. The highest BCUT2D eigenvalue weighted by Crippen LogP contribution is 2.23. The highest BCUT2D eigenvalue weighted by Gasteiger charge is 2.17. The van der Waals surface area contributed by atoms with Gasteiger partial charge in [0.1, 0.15) is 0 Å². The lowest BCUT2D eigenvalue weighted by Gasteiger charge is -2.06. The molecule has 0 aromatic heterocycles. The van der Waals surface area contributed by atoms with Gasteiger partial charge in [-0.2, -0.15) is 10.5 Å². The van der Waals surface area contributed by atoms with Crippen molar-refractivity contribution in [3.8, 4) is 12.4 Å². The van der Waals surface area contributed by atoms with Gasteiger partial charge in [-0.05, 0) is 48.5 Å². The van der Waals surface area contributed by atoms with Crippen molar-refractivity contribution in [2.45, 2.75) is 9.79 Å². The number of hydrogen-bond acceptors (Lipinski definition) is 6. The first-order valence-electron chi connectivity index (χ1n) is 5.83. The molecule has 0 unspecified atom stereocenters. The molecule has 0 amide bonds. The smallest absolute Gasteiger partial charge is 0.206 e. The summed E-state index contributed by atoms with van der Waals surface area (Å²) in [5, 5.41) is 21.8. The van der Waals surface area contributed by atoms with Crippen LogP contribution in [-0.4, -0.2) is 8.42 Å². The van der Waals surface area contributed by atoms with Crippen LogP contribution in [0.25, 0.3) is 0 Å². The second-order valence-electron chi connectivity index (χ2n) is 4.03. The highest BCUT2D eigenvalue weighted by atomic mass is 32.2. The summed E-state index contributed by atoms with van der Waals surface area (Å²) in [6.45, 7) is 0. The maximum Gasteiger partial charge on any atom is 0.206 e. The van der Waals surface area contributed by atoms with Crippen LogP contribution in [0, 0.1) is 22.9 Å². The van der Waals surface area contributed by atoms with E-state index in [1.54, 1.807) is 12.4 Å². The number of sulfone groups is 1. The van der Waals surface area contributed by atoms with E-state index in [1.165, 1.54) is 48.5 Å². The van der Waals surface area contributed by atoms with Crippen molar-refractivity contribution in [2.75, 3.05) is 10.6 Å². The van der Waals surface area contributed by atoms with Crippen LogP contribution in [0.5, 0.6) is 0 Å². The number of benzene rings is 2. The average Bonchev–Trinajstić information content (AvgIpc) is 2.49. The zero-order chi connectivity index (χ0) is 15.3. The summed E-state index contributed by atoms with van der Waals surface area (Å²) in [6.07, 6.45) is 3.52. The van der Waals surface area contributed by atoms with Crippen LogP contribution < -0.4 is 10.6 Å². The van der Waals surface area contributed by atoms with Gasteiger partial charge in [0.25, 0.3) is 0 Å². The number of anilines is 2. The largest absolute Gasteiger partial charge is 0.293 e. The molecule has 0 aliphatic heterocycles. The van der Waals surface area contributed by atoms with E-state index in [1.807, 2.05) is 0 Å². The van der Waals surface area contributed by atoms with Crippen LogP contribution in [0.3, 0.4) is 0 Å². The van der Waals surface area contributed by atoms with E-state index in [-0.39, 0.29) is 9.79 Å². The van der Waals surface area contributed by atoms with Gasteiger partial charge in [-0.25, -0.2) is 8.42 Å². The Morgan fingerprint density at radius 3 is 1.33 bits per heavy atom. The Labute approximate surface area is 122 Å². The molecule has 0 aliphatic carbocycles. The molecule has 0 saturated carbocycles. The maximum absolute atomic E-state index is 12.4. The first kappa shape index (κ1) is 14.4. The predicted molar refractivity (Wildman–Crippen MR) is 76.8 cm³/mol. The minimum Gasteiger partial charge on any atom is -0.293 e. The molecule has 2 rings (SSSR count). The first-order chi connectivity index (χ1) is 10.1. The highest BCUT2D eigenvalue weighted by molar-refractivity contribution is 7.91. The summed E-state index contributed by atoms with van der Waals surface area (Å²) in [6, 6.07) is 11.8. The average molecular weight is 298 g/mol. The van der Waals surface area contributed by atoms with Crippen LogP contribution >= 0.6 is 0 Å². The molecule has 6 nitrogen and oxygen atoms in total. The van der Waals surface area contributed by atoms with E-state index in [0.29, 0.717) is 11.4 Å². The molecular weight excluding hydrogens is 288 g/mol. The minimum atomic E-state index is -3.62. The molecule has 2 N–H and O–H groups in total. The van der Waals surface area contributed by atoms with E-state index in [2.05, 4.69) is 10.6 Å². The Bertz CT molecular complexity index is 748. The third-order valence-electron chi connectivity index (χ3n) is 2.73. The molecule has 0 spiro atoms. The molecule has 0 saturated heterocycles. The van der Waals surface area contributed by atoms with Gasteiger partial charge in [0, 0.05) is 11.4 Å². The van der Waals surface area contributed by atoms with Gasteiger partial charge in [-0.1, -0.05) is 0 Å². The molecule has 0 atom stereocenters. The van der Waals surface area contributed by atoms with Gasteiger partial charge < -0.3 is 0 Å². The molecule has 21 heavy (non-hydrogen) atoms. The zero-order valence-corrected chi connectivity index (χ0v) is 11.6. The summed E-state index contributed by atoms with van der Waals surface area (Å²) < 4.78 is 24.8. The van der Waals surface area contributed by atoms with Gasteiger partial charge in [0.2, 0.25) is 9.84 Å². The molecule has 0 fully saturated rings. The maximum atomic E-state index is 12.4. The SMILES string of the molecule is N#CNc1ccc(S(=O)(=O)c2ccc(NC#N)cc2)cc1. The third-order valence-corrected chi connectivity index (χ3v) is 4.52. The number of hydrogen-bond donors (Lipinski definition) is 2. The molecule has 0 heterocycles. The van der Waals surface area contributed by atoms with Gasteiger partial charge in [0.15, 0.2) is 12.4 Å². The number of rotatable bonds is 4. The molecule has 2 aromatic carbocycles. The second-order valence-corrected chi connectivity index (χ2v) is 5.98. The molecular formula is C14H10N4O2S. The third kappa shape index (κ3) is 3.11. The molecule has 104 valence electrons. The van der Waals surface area contributed by atoms with Crippen molar-refractivity contribution in [3.05, 3.63) is 48.5 Å². The van der Waals surface area contributed by atoms with Gasteiger partial charge in [-0.15, -0.1) is 0 Å². The monoisotopic (exact) mass is 298 g/mol. The standard InChI is InChI=1S/C14H10N4O2S/c15-9-17-11-1-5-13(6-2-11)21(19,20)14-7-3-12(4-8-14)18-10-16/h1-8,17-18H. The van der Waals surface area contributed by atoms with E-state index in [0.717, 1.165) is 0 Å². The van der Waals surface area contributed by atoms with Crippen molar-refractivity contribution in [1.29, 1.82) is 10.5 Å². The van der Waals surface area contributed by atoms with E-state index in [4.69, 9.17) is 10.5 Å². The number of nitrogens with zero attached hydrogens (tertiary/aromatic N) is 2. The van der Waals surface area contributed by atoms with Crippen molar-refractivity contribution in [3.63, 3.8) is 0 Å². The van der Waals surface area contributed by atoms with Gasteiger partial charge in [0.05, 0.1) is 9.79 Å². The van der Waals surface area contributed by atoms with Crippen molar-refractivity contribution in [1.82, 2.24) is 0 Å². The summed E-state index contributed by atoms with van der Waals surface area (Å²) in [5.41, 5.74) is 1.04. The van der Waals surface area contributed by atoms with E-state index in [9.17, 15) is 8.42 Å². The van der Waals surface area contributed by atoms with Crippen molar-refractivity contribution >= 4 is 21.2 Å². The lowest BCUT2D eigenvalue weighted by molar-refractivity contribution is 0.596. The molecule has 2 aromatic rings. The van der Waals surface area contributed by atoms with Crippen molar-refractivity contribution in [2.24, 2.45) is 0 Å². The van der Waals surface area contributed by atoms with Crippen LogP contribution in [0.1, 0.15) is 0 Å². The summed E-state index contributed by atoms with van der Waals surface area (Å²) in [7, 11) is -3.62.